The second-order valence-corrected chi connectivity index (χ2v) is 10.3. The van der Waals surface area contributed by atoms with Crippen molar-refractivity contribution in [1.29, 1.82) is 0 Å². The van der Waals surface area contributed by atoms with E-state index in [4.69, 9.17) is 9.72 Å². The van der Waals surface area contributed by atoms with E-state index >= 15 is 0 Å². The fourth-order valence-electron chi connectivity index (χ4n) is 5.78. The molecule has 1 atom stereocenters. The summed E-state index contributed by atoms with van der Waals surface area (Å²) in [5.41, 5.74) is 3.18. The molecule has 1 aliphatic carbocycles. The predicted octanol–water partition coefficient (Wildman–Crippen LogP) is 6.45. The molecule has 5 rings (SSSR count). The Bertz CT molecular complexity index is 1220. The SMILES string of the molecule is CCOc1ccc(CC2Cc3cc(N(C)C(=O)c4ccccc4F)cnc3N2CC2CCCCC2)cc1. The van der Waals surface area contributed by atoms with Crippen LogP contribution in [-0.4, -0.2) is 37.1 Å². The molecule has 0 spiro atoms. The van der Waals surface area contributed by atoms with Crippen LogP contribution in [0.3, 0.4) is 0 Å². The van der Waals surface area contributed by atoms with Crippen LogP contribution in [-0.2, 0) is 12.8 Å². The normalized spacial score (nSPS) is 17.5. The van der Waals surface area contributed by atoms with E-state index in [0.717, 1.165) is 36.5 Å². The van der Waals surface area contributed by atoms with E-state index in [-0.39, 0.29) is 11.5 Å². The number of halogens is 1. The van der Waals surface area contributed by atoms with Gasteiger partial charge in [-0.1, -0.05) is 43.5 Å². The minimum atomic E-state index is -0.512. The zero-order chi connectivity index (χ0) is 25.8. The summed E-state index contributed by atoms with van der Waals surface area (Å²) in [5.74, 6) is 1.73. The van der Waals surface area contributed by atoms with Crippen molar-refractivity contribution < 1.29 is 13.9 Å². The number of aromatic nitrogens is 1. The van der Waals surface area contributed by atoms with Crippen LogP contribution < -0.4 is 14.5 Å². The molecule has 37 heavy (non-hydrogen) atoms. The third kappa shape index (κ3) is 5.63. The molecule has 6 heteroatoms. The van der Waals surface area contributed by atoms with Crippen LogP contribution in [0.2, 0.25) is 0 Å². The maximum absolute atomic E-state index is 14.3. The van der Waals surface area contributed by atoms with Crippen molar-refractivity contribution in [3.05, 3.63) is 83.3 Å². The van der Waals surface area contributed by atoms with Gasteiger partial charge in [-0.3, -0.25) is 4.79 Å². The zero-order valence-electron chi connectivity index (χ0n) is 21.8. The molecule has 1 amide bonds. The van der Waals surface area contributed by atoms with E-state index < -0.39 is 5.82 Å². The van der Waals surface area contributed by atoms with Gasteiger partial charge in [0.05, 0.1) is 24.1 Å². The first-order valence-electron chi connectivity index (χ1n) is 13.5. The van der Waals surface area contributed by atoms with Crippen molar-refractivity contribution in [3.8, 4) is 5.75 Å². The van der Waals surface area contributed by atoms with Crippen LogP contribution in [0.4, 0.5) is 15.9 Å². The Balaban J connectivity index is 1.38. The van der Waals surface area contributed by atoms with E-state index in [9.17, 15) is 9.18 Å². The largest absolute Gasteiger partial charge is 0.494 e. The van der Waals surface area contributed by atoms with Crippen molar-refractivity contribution in [2.24, 2.45) is 5.92 Å². The lowest BCUT2D eigenvalue weighted by atomic mass is 9.88. The summed E-state index contributed by atoms with van der Waals surface area (Å²) >= 11 is 0. The molecule has 1 unspecified atom stereocenters. The van der Waals surface area contributed by atoms with Gasteiger partial charge in [-0.25, -0.2) is 9.37 Å². The Kier molecular flexibility index (Phi) is 7.73. The van der Waals surface area contributed by atoms with Gasteiger partial charge >= 0.3 is 0 Å². The Hall–Kier alpha value is -3.41. The average Bonchev–Trinajstić information content (AvgIpc) is 3.25. The number of rotatable bonds is 8. The second kappa shape index (κ2) is 11.3. The summed E-state index contributed by atoms with van der Waals surface area (Å²) in [4.78, 5) is 21.9. The quantitative estimate of drug-likeness (QED) is 0.356. The molecule has 2 aromatic carbocycles. The molecular formula is C31H36FN3O2. The molecule has 1 fully saturated rings. The van der Waals surface area contributed by atoms with Gasteiger partial charge in [0.15, 0.2) is 0 Å². The van der Waals surface area contributed by atoms with Gasteiger partial charge < -0.3 is 14.5 Å². The number of anilines is 2. The van der Waals surface area contributed by atoms with Crippen molar-refractivity contribution in [1.82, 2.24) is 4.98 Å². The molecule has 2 heterocycles. The molecule has 1 aliphatic heterocycles. The highest BCUT2D eigenvalue weighted by atomic mass is 19.1. The Morgan fingerprint density at radius 3 is 2.59 bits per heavy atom. The van der Waals surface area contributed by atoms with Crippen molar-refractivity contribution in [2.45, 2.75) is 57.9 Å². The lowest BCUT2D eigenvalue weighted by Gasteiger charge is -2.32. The van der Waals surface area contributed by atoms with Gasteiger partial charge in [0.2, 0.25) is 0 Å². The highest BCUT2D eigenvalue weighted by Crippen LogP contribution is 2.37. The molecule has 3 aromatic rings. The van der Waals surface area contributed by atoms with Gasteiger partial charge in [-0.15, -0.1) is 0 Å². The number of hydrogen-bond donors (Lipinski definition) is 0. The third-order valence-corrected chi connectivity index (χ3v) is 7.78. The first kappa shape index (κ1) is 25.2. The molecule has 0 radical (unpaired) electrons. The highest BCUT2D eigenvalue weighted by molar-refractivity contribution is 6.05. The van der Waals surface area contributed by atoms with E-state index in [1.54, 1.807) is 25.4 Å². The minimum absolute atomic E-state index is 0.0674. The lowest BCUT2D eigenvalue weighted by molar-refractivity contribution is 0.0989. The van der Waals surface area contributed by atoms with Gasteiger partial charge in [0, 0.05) is 19.6 Å². The smallest absolute Gasteiger partial charge is 0.261 e. The highest BCUT2D eigenvalue weighted by Gasteiger charge is 2.33. The number of nitrogens with zero attached hydrogens (tertiary/aromatic N) is 3. The van der Waals surface area contributed by atoms with Crippen molar-refractivity contribution in [2.75, 3.05) is 30.0 Å². The summed E-state index contributed by atoms with van der Waals surface area (Å²) in [7, 11) is 1.68. The summed E-state index contributed by atoms with van der Waals surface area (Å²) < 4.78 is 19.9. The number of benzene rings is 2. The number of carbonyl (C=O) groups excluding carboxylic acids is 1. The maximum Gasteiger partial charge on any atom is 0.261 e. The Labute approximate surface area is 219 Å². The molecule has 0 N–H and O–H groups in total. The van der Waals surface area contributed by atoms with Gasteiger partial charge in [-0.05, 0) is 80.0 Å². The summed E-state index contributed by atoms with van der Waals surface area (Å²) in [5, 5.41) is 0. The molecule has 2 aliphatic rings. The predicted molar refractivity (Wildman–Crippen MR) is 146 cm³/mol. The van der Waals surface area contributed by atoms with E-state index in [1.807, 2.05) is 19.1 Å². The fraction of sp³-hybridized carbons (Fsp3) is 0.419. The van der Waals surface area contributed by atoms with Crippen molar-refractivity contribution >= 4 is 17.4 Å². The number of fused-ring (bicyclic) bond motifs is 1. The summed E-state index contributed by atoms with van der Waals surface area (Å²) in [6.45, 7) is 3.68. The molecule has 0 saturated heterocycles. The monoisotopic (exact) mass is 501 g/mol. The number of carbonyl (C=O) groups is 1. The number of pyridine rings is 1. The average molecular weight is 502 g/mol. The summed E-state index contributed by atoms with van der Waals surface area (Å²) in [6, 6.07) is 16.9. The molecule has 194 valence electrons. The maximum atomic E-state index is 14.3. The second-order valence-electron chi connectivity index (χ2n) is 10.3. The first-order valence-corrected chi connectivity index (χ1v) is 13.5. The van der Waals surface area contributed by atoms with Crippen LogP contribution in [0.1, 0.15) is 60.5 Å². The number of amides is 1. The van der Waals surface area contributed by atoms with E-state index in [0.29, 0.717) is 24.3 Å². The van der Waals surface area contributed by atoms with Gasteiger partial charge in [0.25, 0.3) is 5.91 Å². The topological polar surface area (TPSA) is 45.7 Å². The van der Waals surface area contributed by atoms with Crippen LogP contribution >= 0.6 is 0 Å². The fourth-order valence-corrected chi connectivity index (χ4v) is 5.78. The van der Waals surface area contributed by atoms with E-state index in [2.05, 4.69) is 23.1 Å². The number of hydrogen-bond acceptors (Lipinski definition) is 4. The zero-order valence-corrected chi connectivity index (χ0v) is 21.8. The van der Waals surface area contributed by atoms with Crippen LogP contribution in [0, 0.1) is 11.7 Å². The molecule has 5 nitrogen and oxygen atoms in total. The standard InChI is InChI=1S/C31H36FN3O2/c1-3-37-27-15-13-22(14-16-27)17-25-18-24-19-26(34(2)31(36)28-11-7-8-12-29(28)32)20-33-30(24)35(25)21-23-9-5-4-6-10-23/h7-8,11-16,19-20,23,25H,3-6,9-10,17-18,21H2,1-2H3. The van der Waals surface area contributed by atoms with E-state index in [1.165, 1.54) is 54.7 Å². The Morgan fingerprint density at radius 1 is 1.11 bits per heavy atom. The third-order valence-electron chi connectivity index (χ3n) is 7.78. The Morgan fingerprint density at radius 2 is 1.86 bits per heavy atom. The molecule has 1 aromatic heterocycles. The van der Waals surface area contributed by atoms with Crippen LogP contribution in [0.5, 0.6) is 5.75 Å². The van der Waals surface area contributed by atoms with Gasteiger partial charge in [0.1, 0.15) is 17.4 Å². The molecule has 0 bridgehead atoms. The lowest BCUT2D eigenvalue weighted by Crippen LogP contribution is -2.38. The van der Waals surface area contributed by atoms with Crippen LogP contribution in [0.25, 0.3) is 0 Å². The molecular weight excluding hydrogens is 465 g/mol. The summed E-state index contributed by atoms with van der Waals surface area (Å²) in [6.07, 6.45) is 10.1. The number of ether oxygens (including phenoxy) is 1. The van der Waals surface area contributed by atoms with Crippen LogP contribution in [0.15, 0.2) is 60.8 Å². The van der Waals surface area contributed by atoms with Crippen molar-refractivity contribution in [3.63, 3.8) is 0 Å². The van der Waals surface area contributed by atoms with Gasteiger partial charge in [-0.2, -0.15) is 0 Å². The minimum Gasteiger partial charge on any atom is -0.494 e. The first-order chi connectivity index (χ1) is 18.0. The molecule has 1 saturated carbocycles.